The molecule has 1 saturated heterocycles. The summed E-state index contributed by atoms with van der Waals surface area (Å²) >= 11 is 1.89. The lowest BCUT2D eigenvalue weighted by Crippen LogP contribution is -2.41. The third kappa shape index (κ3) is 3.91. The molecule has 4 nitrogen and oxygen atoms in total. The normalized spacial score (nSPS) is 16.9. The van der Waals surface area contributed by atoms with Gasteiger partial charge in [0.05, 0.1) is 11.6 Å². The molecule has 1 unspecified atom stereocenters. The average molecular weight is 290 g/mol. The van der Waals surface area contributed by atoms with E-state index in [2.05, 4.69) is 6.07 Å². The Kier molecular flexibility index (Phi) is 5.31. The minimum absolute atomic E-state index is 0.0230. The van der Waals surface area contributed by atoms with Crippen LogP contribution in [0, 0.1) is 11.3 Å². The van der Waals surface area contributed by atoms with Crippen molar-refractivity contribution in [2.75, 3.05) is 24.6 Å². The van der Waals surface area contributed by atoms with Gasteiger partial charge in [0.1, 0.15) is 5.75 Å². The highest BCUT2D eigenvalue weighted by molar-refractivity contribution is 7.99. The van der Waals surface area contributed by atoms with E-state index in [1.54, 1.807) is 31.2 Å². The monoisotopic (exact) mass is 290 g/mol. The zero-order chi connectivity index (χ0) is 14.4. The summed E-state index contributed by atoms with van der Waals surface area (Å²) in [4.78, 5) is 14.2. The largest absolute Gasteiger partial charge is 0.481 e. The maximum absolute atomic E-state index is 12.3. The van der Waals surface area contributed by atoms with E-state index in [1.807, 2.05) is 16.7 Å². The molecule has 1 aromatic rings. The SMILES string of the molecule is CC(Oc1cccc(C#N)c1)C(=O)N1CCCSCC1. The summed E-state index contributed by atoms with van der Waals surface area (Å²) in [5, 5.41) is 8.86. The smallest absolute Gasteiger partial charge is 0.263 e. The van der Waals surface area contributed by atoms with Gasteiger partial charge in [-0.15, -0.1) is 0 Å². The molecule has 0 saturated carbocycles. The van der Waals surface area contributed by atoms with Crippen LogP contribution in [0.3, 0.4) is 0 Å². The van der Waals surface area contributed by atoms with Gasteiger partial charge in [-0.1, -0.05) is 6.07 Å². The van der Waals surface area contributed by atoms with E-state index in [9.17, 15) is 4.79 Å². The van der Waals surface area contributed by atoms with Gasteiger partial charge in [0, 0.05) is 18.8 Å². The molecule has 1 amide bonds. The molecule has 0 aromatic heterocycles. The number of nitrogens with zero attached hydrogens (tertiary/aromatic N) is 2. The second kappa shape index (κ2) is 7.20. The molecule has 1 aromatic carbocycles. The average Bonchev–Trinajstić information content (AvgIpc) is 2.75. The molecule has 1 atom stereocenters. The number of benzene rings is 1. The number of carbonyl (C=O) groups excluding carboxylic acids is 1. The number of carbonyl (C=O) groups is 1. The van der Waals surface area contributed by atoms with Crippen LogP contribution < -0.4 is 4.74 Å². The number of nitriles is 1. The van der Waals surface area contributed by atoms with Crippen LogP contribution in [0.1, 0.15) is 18.9 Å². The molecule has 1 aliphatic rings. The van der Waals surface area contributed by atoms with E-state index in [-0.39, 0.29) is 5.91 Å². The van der Waals surface area contributed by atoms with Crippen LogP contribution in [0.25, 0.3) is 0 Å². The Labute approximate surface area is 123 Å². The Morgan fingerprint density at radius 1 is 1.45 bits per heavy atom. The highest BCUT2D eigenvalue weighted by Gasteiger charge is 2.22. The summed E-state index contributed by atoms with van der Waals surface area (Å²) < 4.78 is 5.66. The number of hydrogen-bond donors (Lipinski definition) is 0. The summed E-state index contributed by atoms with van der Waals surface area (Å²) in [5.74, 6) is 2.69. The summed E-state index contributed by atoms with van der Waals surface area (Å²) in [5.41, 5.74) is 0.535. The molecule has 1 heterocycles. The quantitative estimate of drug-likeness (QED) is 0.857. The Morgan fingerprint density at radius 3 is 3.10 bits per heavy atom. The maximum Gasteiger partial charge on any atom is 0.263 e. The van der Waals surface area contributed by atoms with Gasteiger partial charge < -0.3 is 9.64 Å². The van der Waals surface area contributed by atoms with Gasteiger partial charge >= 0.3 is 0 Å². The van der Waals surface area contributed by atoms with Crippen LogP contribution in [0.15, 0.2) is 24.3 Å². The Bertz CT molecular complexity index is 505. The fourth-order valence-electron chi connectivity index (χ4n) is 2.12. The van der Waals surface area contributed by atoms with Gasteiger partial charge in [-0.3, -0.25) is 4.79 Å². The van der Waals surface area contributed by atoms with Gasteiger partial charge in [-0.05, 0) is 37.3 Å². The lowest BCUT2D eigenvalue weighted by atomic mass is 10.2. The molecule has 0 N–H and O–H groups in total. The first-order chi connectivity index (χ1) is 9.70. The fourth-order valence-corrected chi connectivity index (χ4v) is 3.00. The Balaban J connectivity index is 1.97. The molecule has 0 aliphatic carbocycles. The van der Waals surface area contributed by atoms with Crippen LogP contribution >= 0.6 is 11.8 Å². The molecule has 0 spiro atoms. The van der Waals surface area contributed by atoms with Gasteiger partial charge in [0.15, 0.2) is 6.10 Å². The van der Waals surface area contributed by atoms with Crippen LogP contribution in [0.2, 0.25) is 0 Å². The Hall–Kier alpha value is -1.67. The lowest BCUT2D eigenvalue weighted by molar-refractivity contribution is -0.137. The number of rotatable bonds is 3. The minimum atomic E-state index is -0.521. The summed E-state index contributed by atoms with van der Waals surface area (Å²) in [6.45, 7) is 3.35. The molecule has 2 rings (SSSR count). The van der Waals surface area contributed by atoms with E-state index >= 15 is 0 Å². The number of ether oxygens (including phenoxy) is 1. The molecule has 1 aliphatic heterocycles. The number of amides is 1. The fraction of sp³-hybridized carbons (Fsp3) is 0.467. The van der Waals surface area contributed by atoms with Crippen molar-refractivity contribution < 1.29 is 9.53 Å². The molecular weight excluding hydrogens is 272 g/mol. The number of thioether (sulfide) groups is 1. The first kappa shape index (κ1) is 14.7. The summed E-state index contributed by atoms with van der Waals surface area (Å²) in [7, 11) is 0. The number of hydrogen-bond acceptors (Lipinski definition) is 4. The van der Waals surface area contributed by atoms with Crippen molar-refractivity contribution >= 4 is 17.7 Å². The molecule has 20 heavy (non-hydrogen) atoms. The maximum atomic E-state index is 12.3. The third-order valence-corrected chi connectivity index (χ3v) is 4.21. The Morgan fingerprint density at radius 2 is 2.30 bits per heavy atom. The minimum Gasteiger partial charge on any atom is -0.481 e. The van der Waals surface area contributed by atoms with Crippen molar-refractivity contribution in [3.8, 4) is 11.8 Å². The predicted octanol–water partition coefficient (Wildman–Crippen LogP) is 2.29. The lowest BCUT2D eigenvalue weighted by Gasteiger charge is -2.24. The standard InChI is InChI=1S/C15H18N2O2S/c1-12(15(18)17-6-3-8-20-9-7-17)19-14-5-2-4-13(10-14)11-16/h2,4-5,10,12H,3,6-9H2,1H3. The first-order valence-corrected chi connectivity index (χ1v) is 7.89. The molecule has 5 heteroatoms. The van der Waals surface area contributed by atoms with Crippen molar-refractivity contribution in [2.45, 2.75) is 19.4 Å². The summed E-state index contributed by atoms with van der Waals surface area (Å²) in [6, 6.07) is 8.96. The predicted molar refractivity (Wildman–Crippen MR) is 79.8 cm³/mol. The van der Waals surface area contributed by atoms with Crippen LogP contribution in [0.5, 0.6) is 5.75 Å². The van der Waals surface area contributed by atoms with Crippen molar-refractivity contribution in [1.29, 1.82) is 5.26 Å². The highest BCUT2D eigenvalue weighted by atomic mass is 32.2. The van der Waals surface area contributed by atoms with Gasteiger partial charge in [0.25, 0.3) is 5.91 Å². The van der Waals surface area contributed by atoms with Crippen LogP contribution in [0.4, 0.5) is 0 Å². The van der Waals surface area contributed by atoms with Gasteiger partial charge in [-0.25, -0.2) is 0 Å². The van der Waals surface area contributed by atoms with E-state index in [1.165, 1.54) is 0 Å². The molecule has 1 fully saturated rings. The second-order valence-electron chi connectivity index (χ2n) is 4.69. The highest BCUT2D eigenvalue weighted by Crippen LogP contribution is 2.16. The second-order valence-corrected chi connectivity index (χ2v) is 5.92. The zero-order valence-corrected chi connectivity index (χ0v) is 12.4. The van der Waals surface area contributed by atoms with Crippen LogP contribution in [-0.2, 0) is 4.79 Å². The van der Waals surface area contributed by atoms with Crippen molar-refractivity contribution in [1.82, 2.24) is 4.90 Å². The van der Waals surface area contributed by atoms with E-state index < -0.39 is 6.10 Å². The zero-order valence-electron chi connectivity index (χ0n) is 11.5. The van der Waals surface area contributed by atoms with Crippen molar-refractivity contribution in [2.24, 2.45) is 0 Å². The van der Waals surface area contributed by atoms with E-state index in [4.69, 9.17) is 10.00 Å². The van der Waals surface area contributed by atoms with Gasteiger partial charge in [0.2, 0.25) is 0 Å². The molecule has 0 radical (unpaired) electrons. The topological polar surface area (TPSA) is 53.3 Å². The van der Waals surface area contributed by atoms with Gasteiger partial charge in [-0.2, -0.15) is 17.0 Å². The first-order valence-electron chi connectivity index (χ1n) is 6.74. The van der Waals surface area contributed by atoms with E-state index in [0.29, 0.717) is 11.3 Å². The van der Waals surface area contributed by atoms with Crippen molar-refractivity contribution in [3.05, 3.63) is 29.8 Å². The third-order valence-electron chi connectivity index (χ3n) is 3.16. The van der Waals surface area contributed by atoms with E-state index in [0.717, 1.165) is 31.0 Å². The van der Waals surface area contributed by atoms with Crippen molar-refractivity contribution in [3.63, 3.8) is 0 Å². The molecule has 0 bridgehead atoms. The molecule has 106 valence electrons. The molecular formula is C15H18N2O2S. The summed E-state index contributed by atoms with van der Waals surface area (Å²) in [6.07, 6.45) is 0.514. The van der Waals surface area contributed by atoms with Crippen LogP contribution in [-0.4, -0.2) is 41.5 Å².